The number of benzene rings is 1. The first kappa shape index (κ1) is 16.0. The molecule has 0 saturated heterocycles. The molecule has 0 aliphatic heterocycles. The molecular weight excluding hydrogens is 288 g/mol. The highest BCUT2D eigenvalue weighted by Gasteiger charge is 2.62. The summed E-state index contributed by atoms with van der Waals surface area (Å²) in [6, 6.07) is 5.53. The molecule has 0 aliphatic carbocycles. The van der Waals surface area contributed by atoms with Crippen molar-refractivity contribution >= 4 is 17.4 Å². The Balaban J connectivity index is 3.30. The second-order valence-electron chi connectivity index (χ2n) is 4.22. The molecule has 0 N–H and O–H groups in total. The third-order valence-electron chi connectivity index (χ3n) is 2.88. The Morgan fingerprint density at radius 2 is 1.85 bits per heavy atom. The van der Waals surface area contributed by atoms with Gasteiger partial charge in [-0.05, 0) is 18.0 Å². The predicted octanol–water partition coefficient (Wildman–Crippen LogP) is 2.53. The molecule has 0 aromatic heterocycles. The lowest BCUT2D eigenvalue weighted by molar-refractivity contribution is -0.618. The van der Waals surface area contributed by atoms with Gasteiger partial charge in [0.25, 0.3) is 5.78 Å². The Labute approximate surface area is 119 Å². The minimum absolute atomic E-state index is 0.0258. The summed E-state index contributed by atoms with van der Waals surface area (Å²) < 4.78 is 0. The Morgan fingerprint density at radius 1 is 1.30 bits per heavy atom. The maximum atomic E-state index is 12.3. The number of hydrogen-bond donors (Lipinski definition) is 0. The van der Waals surface area contributed by atoms with Crippen LogP contribution in [0.3, 0.4) is 0 Å². The molecule has 8 heteroatoms. The summed E-state index contributed by atoms with van der Waals surface area (Å²) in [5, 5.41) is 22.2. The molecule has 1 aromatic rings. The van der Waals surface area contributed by atoms with Crippen molar-refractivity contribution in [3.05, 3.63) is 56.1 Å². The molecule has 2 atom stereocenters. The zero-order chi connectivity index (χ0) is 15.3. The summed E-state index contributed by atoms with van der Waals surface area (Å²) >= 11 is 5.81. The maximum absolute atomic E-state index is 12.3. The molecule has 0 spiro atoms. The number of alkyl halides is 1. The van der Waals surface area contributed by atoms with Crippen LogP contribution in [0.15, 0.2) is 30.3 Å². The fourth-order valence-electron chi connectivity index (χ4n) is 1.86. The number of hydrogen-bond acceptors (Lipinski definition) is 5. The van der Waals surface area contributed by atoms with Crippen LogP contribution in [0, 0.1) is 20.2 Å². The van der Waals surface area contributed by atoms with E-state index in [1.165, 1.54) is 24.3 Å². The van der Waals surface area contributed by atoms with Gasteiger partial charge in [0.2, 0.25) is 0 Å². The standard InChI is InChI=1S/C12H13ClN2O5/c1-2-6-10(14(17)18)12(13,15(19)20)11(16)9-7-4-3-5-8-9/h3-5,7-8,10H,2,6H2,1H3. The molecule has 0 saturated carbocycles. The Hall–Kier alpha value is -2.02. The molecule has 108 valence electrons. The number of nitro groups is 2. The van der Waals surface area contributed by atoms with E-state index in [-0.39, 0.29) is 12.0 Å². The van der Waals surface area contributed by atoms with E-state index in [0.717, 1.165) is 0 Å². The molecule has 0 radical (unpaired) electrons. The van der Waals surface area contributed by atoms with E-state index >= 15 is 0 Å². The number of carbonyl (C=O) groups excluding carboxylic acids is 1. The highest BCUT2D eigenvalue weighted by Crippen LogP contribution is 2.30. The van der Waals surface area contributed by atoms with Crippen molar-refractivity contribution in [2.75, 3.05) is 0 Å². The average molecular weight is 301 g/mol. The summed E-state index contributed by atoms with van der Waals surface area (Å²) in [4.78, 5) is 29.8. The van der Waals surface area contributed by atoms with E-state index < -0.39 is 26.7 Å². The summed E-state index contributed by atoms with van der Waals surface area (Å²) in [5.74, 6) is -1.07. The van der Waals surface area contributed by atoms with E-state index in [1.807, 2.05) is 0 Å². The first-order valence-corrected chi connectivity index (χ1v) is 6.30. The van der Waals surface area contributed by atoms with Crippen LogP contribution in [0.5, 0.6) is 0 Å². The highest BCUT2D eigenvalue weighted by molar-refractivity contribution is 6.37. The molecule has 1 rings (SSSR count). The van der Waals surface area contributed by atoms with Crippen LogP contribution in [0.25, 0.3) is 0 Å². The highest BCUT2D eigenvalue weighted by atomic mass is 35.5. The quantitative estimate of drug-likeness (QED) is 0.253. The summed E-state index contributed by atoms with van der Waals surface area (Å²) in [6.45, 7) is 1.63. The lowest BCUT2D eigenvalue weighted by atomic mass is 9.95. The van der Waals surface area contributed by atoms with Crippen molar-refractivity contribution in [3.63, 3.8) is 0 Å². The van der Waals surface area contributed by atoms with Crippen LogP contribution in [-0.2, 0) is 0 Å². The van der Waals surface area contributed by atoms with Gasteiger partial charge < -0.3 is 0 Å². The van der Waals surface area contributed by atoms with Crippen molar-refractivity contribution in [1.82, 2.24) is 0 Å². The van der Waals surface area contributed by atoms with E-state index in [9.17, 15) is 25.0 Å². The molecule has 2 unspecified atom stereocenters. The number of ketones is 1. The van der Waals surface area contributed by atoms with Gasteiger partial charge in [0.15, 0.2) is 0 Å². The van der Waals surface area contributed by atoms with E-state index in [0.29, 0.717) is 6.42 Å². The van der Waals surface area contributed by atoms with Crippen LogP contribution >= 0.6 is 11.6 Å². The molecular formula is C12H13ClN2O5. The monoisotopic (exact) mass is 300 g/mol. The summed E-state index contributed by atoms with van der Waals surface area (Å²) in [7, 11) is 0. The van der Waals surface area contributed by atoms with Gasteiger partial charge in [-0.15, -0.1) is 0 Å². The number of halogens is 1. The van der Waals surface area contributed by atoms with Crippen molar-refractivity contribution in [2.45, 2.75) is 30.8 Å². The molecule has 7 nitrogen and oxygen atoms in total. The Kier molecular flexibility index (Phi) is 5.15. The van der Waals surface area contributed by atoms with Crippen LogP contribution in [-0.4, -0.2) is 26.7 Å². The molecule has 0 aliphatic rings. The third-order valence-corrected chi connectivity index (χ3v) is 3.44. The molecule has 0 fully saturated rings. The van der Waals surface area contributed by atoms with E-state index in [4.69, 9.17) is 11.6 Å². The van der Waals surface area contributed by atoms with Gasteiger partial charge in [-0.2, -0.15) is 0 Å². The van der Waals surface area contributed by atoms with Gasteiger partial charge in [-0.1, -0.05) is 37.3 Å². The van der Waals surface area contributed by atoms with Gasteiger partial charge in [0.05, 0.1) is 4.92 Å². The van der Waals surface area contributed by atoms with Crippen molar-refractivity contribution in [2.24, 2.45) is 0 Å². The normalized spacial score (nSPS) is 15.1. The van der Waals surface area contributed by atoms with E-state index in [2.05, 4.69) is 0 Å². The van der Waals surface area contributed by atoms with Crippen LogP contribution < -0.4 is 0 Å². The molecule has 0 bridgehead atoms. The number of carbonyl (C=O) groups is 1. The average Bonchev–Trinajstić information content (AvgIpc) is 2.43. The third kappa shape index (κ3) is 2.93. The summed E-state index contributed by atoms with van der Waals surface area (Å²) in [5.41, 5.74) is -0.0258. The van der Waals surface area contributed by atoms with E-state index in [1.54, 1.807) is 13.0 Å². The number of nitrogens with zero attached hydrogens (tertiary/aromatic N) is 2. The number of rotatable bonds is 7. The molecule has 0 amide bonds. The maximum Gasteiger partial charge on any atom is 0.422 e. The van der Waals surface area contributed by atoms with Gasteiger partial charge in [0.1, 0.15) is 0 Å². The van der Waals surface area contributed by atoms with Crippen molar-refractivity contribution < 1.29 is 14.6 Å². The van der Waals surface area contributed by atoms with Gasteiger partial charge in [-0.3, -0.25) is 25.0 Å². The zero-order valence-corrected chi connectivity index (χ0v) is 11.4. The smallest absolute Gasteiger partial charge is 0.284 e. The summed E-state index contributed by atoms with van der Waals surface area (Å²) in [6.07, 6.45) is 0.145. The van der Waals surface area contributed by atoms with Gasteiger partial charge >= 0.3 is 11.0 Å². The van der Waals surface area contributed by atoms with Crippen molar-refractivity contribution in [1.29, 1.82) is 0 Å². The Morgan fingerprint density at radius 3 is 2.25 bits per heavy atom. The lowest BCUT2D eigenvalue weighted by Crippen LogP contribution is -2.54. The predicted molar refractivity (Wildman–Crippen MR) is 72.0 cm³/mol. The minimum Gasteiger partial charge on any atom is -0.284 e. The lowest BCUT2D eigenvalue weighted by Gasteiger charge is -2.20. The zero-order valence-electron chi connectivity index (χ0n) is 10.7. The fourth-order valence-corrected chi connectivity index (χ4v) is 2.16. The topological polar surface area (TPSA) is 103 Å². The molecule has 0 heterocycles. The van der Waals surface area contributed by atoms with Gasteiger partial charge in [-0.25, -0.2) is 0 Å². The van der Waals surface area contributed by atoms with Crippen LogP contribution in [0.2, 0.25) is 0 Å². The Bertz CT molecular complexity index is 522. The van der Waals surface area contributed by atoms with Crippen molar-refractivity contribution in [3.8, 4) is 0 Å². The SMILES string of the molecule is CCCC([N+](=O)[O-])C(Cl)(C(=O)c1ccccc1)[N+](=O)[O-]. The second kappa shape index (κ2) is 6.42. The molecule has 20 heavy (non-hydrogen) atoms. The largest absolute Gasteiger partial charge is 0.422 e. The van der Waals surface area contributed by atoms with Crippen LogP contribution in [0.4, 0.5) is 0 Å². The fraction of sp³-hybridized carbons (Fsp3) is 0.417. The first-order valence-electron chi connectivity index (χ1n) is 5.92. The minimum atomic E-state index is -2.79. The van der Waals surface area contributed by atoms with Crippen LogP contribution in [0.1, 0.15) is 30.1 Å². The van der Waals surface area contributed by atoms with Gasteiger partial charge in [0, 0.05) is 16.9 Å². The first-order chi connectivity index (χ1) is 9.35. The number of Topliss-reactive ketones (excluding diaryl/α,β-unsaturated/α-hetero) is 1. The second-order valence-corrected chi connectivity index (χ2v) is 4.79. The molecule has 1 aromatic carbocycles.